The number of carbonyl (C=O) groups excluding carboxylic acids is 2. The van der Waals surface area contributed by atoms with E-state index in [-0.39, 0.29) is 12.2 Å². The fourth-order valence-corrected chi connectivity index (χ4v) is 3.61. The number of amides is 1. The van der Waals surface area contributed by atoms with Gasteiger partial charge in [0, 0.05) is 14.0 Å². The average Bonchev–Trinajstić information content (AvgIpc) is 3.29. The maximum Gasteiger partial charge on any atom is 0.410 e. The summed E-state index contributed by atoms with van der Waals surface area (Å²) in [6.07, 6.45) is -2.32. The third kappa shape index (κ3) is 2.53. The number of esters is 1. The zero-order valence-electron chi connectivity index (χ0n) is 13.5. The summed E-state index contributed by atoms with van der Waals surface area (Å²) >= 11 is 0. The molecule has 6 atom stereocenters. The van der Waals surface area contributed by atoms with Crippen LogP contribution in [0.4, 0.5) is 4.79 Å². The van der Waals surface area contributed by atoms with Crippen LogP contribution in [0, 0.1) is 0 Å². The van der Waals surface area contributed by atoms with E-state index in [1.807, 2.05) is 30.3 Å². The van der Waals surface area contributed by atoms with Crippen molar-refractivity contribution >= 4 is 12.1 Å². The molecule has 1 aromatic rings. The highest BCUT2D eigenvalue weighted by molar-refractivity contribution is 5.71. The molecule has 1 aliphatic carbocycles. The quantitative estimate of drug-likeness (QED) is 0.607. The molecule has 7 nitrogen and oxygen atoms in total. The first-order valence-electron chi connectivity index (χ1n) is 7.98. The number of ether oxygens (including phenoxy) is 4. The molecule has 1 saturated carbocycles. The number of nitrogens with zero attached hydrogens (tertiary/aromatic N) is 1. The fraction of sp³-hybridized carbons (Fsp3) is 0.529. The number of fused-ring (bicyclic) bond motifs is 3. The van der Waals surface area contributed by atoms with Crippen molar-refractivity contribution in [1.82, 2.24) is 4.90 Å². The minimum Gasteiger partial charge on any atom is -0.457 e. The lowest BCUT2D eigenvalue weighted by atomic mass is 9.87. The molecule has 1 aromatic carbocycles. The van der Waals surface area contributed by atoms with Crippen LogP contribution in [0.25, 0.3) is 0 Å². The highest BCUT2D eigenvalue weighted by Crippen LogP contribution is 2.45. The summed E-state index contributed by atoms with van der Waals surface area (Å²) in [4.78, 5) is 24.9. The summed E-state index contributed by atoms with van der Waals surface area (Å²) in [5.74, 6) is -0.418. The summed E-state index contributed by atoms with van der Waals surface area (Å²) in [5.41, 5.74) is 1.02. The number of rotatable bonds is 4. The number of carbonyl (C=O) groups is 2. The van der Waals surface area contributed by atoms with Crippen LogP contribution in [-0.2, 0) is 30.3 Å². The first-order valence-corrected chi connectivity index (χ1v) is 7.98. The molecule has 0 unspecified atom stereocenters. The highest BCUT2D eigenvalue weighted by Gasteiger charge is 2.68. The van der Waals surface area contributed by atoms with Gasteiger partial charge in [0.25, 0.3) is 0 Å². The zero-order chi connectivity index (χ0) is 16.8. The molecule has 2 aliphatic heterocycles. The van der Waals surface area contributed by atoms with E-state index >= 15 is 0 Å². The molecule has 24 heavy (non-hydrogen) atoms. The normalized spacial score (nSPS) is 36.6. The molecule has 4 rings (SSSR count). The second kappa shape index (κ2) is 5.75. The smallest absolute Gasteiger partial charge is 0.410 e. The molecule has 0 radical (unpaired) electrons. The molecule has 0 aromatic heterocycles. The summed E-state index contributed by atoms with van der Waals surface area (Å²) in [6.45, 7) is 1.73. The van der Waals surface area contributed by atoms with E-state index in [4.69, 9.17) is 18.9 Å². The number of likely N-dealkylation sites (N-methyl/N-ethyl adjacent to an activating group) is 1. The van der Waals surface area contributed by atoms with E-state index in [0.29, 0.717) is 6.61 Å². The second-order valence-corrected chi connectivity index (χ2v) is 6.35. The molecule has 3 aliphatic rings. The van der Waals surface area contributed by atoms with E-state index in [1.165, 1.54) is 11.8 Å². The Morgan fingerprint density at radius 2 is 1.92 bits per heavy atom. The topological polar surface area (TPSA) is 77.6 Å². The largest absolute Gasteiger partial charge is 0.457 e. The van der Waals surface area contributed by atoms with Gasteiger partial charge in [0.05, 0.1) is 6.61 Å². The lowest BCUT2D eigenvalue weighted by Gasteiger charge is -2.36. The minimum atomic E-state index is -0.614. The maximum absolute atomic E-state index is 11.9. The van der Waals surface area contributed by atoms with Crippen molar-refractivity contribution in [2.45, 2.75) is 50.1 Å². The monoisotopic (exact) mass is 333 g/mol. The van der Waals surface area contributed by atoms with Gasteiger partial charge in [-0.15, -0.1) is 0 Å². The van der Waals surface area contributed by atoms with Gasteiger partial charge < -0.3 is 23.8 Å². The molecule has 0 N–H and O–H groups in total. The van der Waals surface area contributed by atoms with E-state index in [2.05, 4.69) is 0 Å². The minimum absolute atomic E-state index is 0.198. The molecular formula is C17H19NO6. The van der Waals surface area contributed by atoms with Crippen molar-refractivity contribution in [3.63, 3.8) is 0 Å². The summed E-state index contributed by atoms with van der Waals surface area (Å²) in [6, 6.07) is 9.34. The van der Waals surface area contributed by atoms with Gasteiger partial charge in [-0.05, 0) is 5.56 Å². The van der Waals surface area contributed by atoms with Crippen LogP contribution in [0.5, 0.6) is 0 Å². The van der Waals surface area contributed by atoms with Gasteiger partial charge in [-0.2, -0.15) is 0 Å². The number of hydrogen-bond donors (Lipinski definition) is 0. The Hall–Kier alpha value is -2.12. The molecule has 2 saturated heterocycles. The van der Waals surface area contributed by atoms with Crippen LogP contribution in [0.2, 0.25) is 0 Å². The van der Waals surface area contributed by atoms with E-state index in [1.54, 1.807) is 7.05 Å². The lowest BCUT2D eigenvalue weighted by molar-refractivity contribution is -0.166. The molecule has 128 valence electrons. The van der Waals surface area contributed by atoms with E-state index < -0.39 is 36.4 Å². The summed E-state index contributed by atoms with van der Waals surface area (Å²) < 4.78 is 22.6. The molecule has 3 fully saturated rings. The van der Waals surface area contributed by atoms with Gasteiger partial charge in [0.1, 0.15) is 24.4 Å². The lowest BCUT2D eigenvalue weighted by Crippen LogP contribution is -2.58. The zero-order valence-corrected chi connectivity index (χ0v) is 13.5. The number of epoxide rings is 1. The van der Waals surface area contributed by atoms with Gasteiger partial charge in [0.2, 0.25) is 0 Å². The summed E-state index contributed by atoms with van der Waals surface area (Å²) in [7, 11) is 1.64. The van der Waals surface area contributed by atoms with Crippen molar-refractivity contribution in [1.29, 1.82) is 0 Å². The van der Waals surface area contributed by atoms with E-state index in [9.17, 15) is 9.59 Å². The Morgan fingerprint density at radius 1 is 1.17 bits per heavy atom. The average molecular weight is 333 g/mol. The standard InChI is InChI=1S/C17H19NO6/c1-9(19)22-12-11-13(24-17(20)18(11)2)15-16(23-15)14(12)21-8-10-6-4-3-5-7-10/h3-7,11-16H,8H2,1-2H3/t11-,12-,13-,14-,15+,16-/m1/s1. The van der Waals surface area contributed by atoms with Crippen molar-refractivity contribution in [2.75, 3.05) is 7.05 Å². The fourth-order valence-electron chi connectivity index (χ4n) is 3.61. The highest BCUT2D eigenvalue weighted by atomic mass is 16.7. The SMILES string of the molecule is CC(=O)O[C@H]1[C@@H](OCc2ccccc2)[C@H]2O[C@H]2[C@@H]2OC(=O)N(C)[C@@H]21. The molecule has 1 amide bonds. The maximum atomic E-state index is 11.9. The molecular weight excluding hydrogens is 314 g/mol. The van der Waals surface area contributed by atoms with Crippen molar-refractivity contribution in [3.8, 4) is 0 Å². The number of benzene rings is 1. The Labute approximate surface area is 139 Å². The third-order valence-corrected chi connectivity index (χ3v) is 4.77. The van der Waals surface area contributed by atoms with Crippen molar-refractivity contribution in [3.05, 3.63) is 35.9 Å². The van der Waals surface area contributed by atoms with Crippen LogP contribution in [0.3, 0.4) is 0 Å². The third-order valence-electron chi connectivity index (χ3n) is 4.77. The Kier molecular flexibility index (Phi) is 3.69. The molecule has 2 heterocycles. The van der Waals surface area contributed by atoms with Crippen LogP contribution in [0.1, 0.15) is 12.5 Å². The van der Waals surface area contributed by atoms with Crippen molar-refractivity contribution in [2.24, 2.45) is 0 Å². The van der Waals surface area contributed by atoms with Gasteiger partial charge in [0.15, 0.2) is 12.2 Å². The summed E-state index contributed by atoms with van der Waals surface area (Å²) in [5, 5.41) is 0. The van der Waals surface area contributed by atoms with Gasteiger partial charge >= 0.3 is 12.1 Å². The van der Waals surface area contributed by atoms with E-state index in [0.717, 1.165) is 5.56 Å². The van der Waals surface area contributed by atoms with Gasteiger partial charge in [-0.1, -0.05) is 30.3 Å². The first-order chi connectivity index (χ1) is 11.6. The Balaban J connectivity index is 1.55. The van der Waals surface area contributed by atoms with Gasteiger partial charge in [-0.25, -0.2) is 4.79 Å². The van der Waals surface area contributed by atoms with Crippen molar-refractivity contribution < 1.29 is 28.5 Å². The predicted octanol–water partition coefficient (Wildman–Crippen LogP) is 1.10. The van der Waals surface area contributed by atoms with Crippen LogP contribution in [-0.4, -0.2) is 60.6 Å². The van der Waals surface area contributed by atoms with Crippen LogP contribution >= 0.6 is 0 Å². The Morgan fingerprint density at radius 3 is 2.62 bits per heavy atom. The number of hydrogen-bond acceptors (Lipinski definition) is 6. The first kappa shape index (κ1) is 15.4. The molecule has 0 spiro atoms. The molecule has 0 bridgehead atoms. The Bertz CT molecular complexity index is 650. The predicted molar refractivity (Wildman–Crippen MR) is 81.1 cm³/mol. The second-order valence-electron chi connectivity index (χ2n) is 6.35. The van der Waals surface area contributed by atoms with Gasteiger partial charge in [-0.3, -0.25) is 4.79 Å². The molecule has 7 heteroatoms. The van der Waals surface area contributed by atoms with Crippen LogP contribution < -0.4 is 0 Å². The van der Waals surface area contributed by atoms with Crippen LogP contribution in [0.15, 0.2) is 30.3 Å².